The fraction of sp³-hybridized carbons (Fsp3) is 0.909. The van der Waals surface area contributed by atoms with Gasteiger partial charge in [-0.25, -0.2) is 4.79 Å². The van der Waals surface area contributed by atoms with E-state index >= 15 is 0 Å². The Morgan fingerprint density at radius 2 is 1.73 bits per heavy atom. The molecule has 1 N–H and O–H groups in total. The molecular weight excluding hydrogens is 190 g/mol. The summed E-state index contributed by atoms with van der Waals surface area (Å²) in [5, 5.41) is 2.90. The number of urea groups is 1. The number of carbonyl (C=O) groups is 1. The van der Waals surface area contributed by atoms with Gasteiger partial charge < -0.3 is 15.1 Å². The first-order valence-corrected chi connectivity index (χ1v) is 5.86. The highest BCUT2D eigenvalue weighted by atomic mass is 16.2. The number of carbonyl (C=O) groups excluding carboxylic acids is 1. The zero-order valence-electron chi connectivity index (χ0n) is 10.5. The van der Waals surface area contributed by atoms with Crippen molar-refractivity contribution >= 4 is 6.03 Å². The first-order valence-electron chi connectivity index (χ1n) is 5.86. The maximum atomic E-state index is 11.4. The summed E-state index contributed by atoms with van der Waals surface area (Å²) < 4.78 is 0. The third-order valence-corrected chi connectivity index (χ3v) is 2.64. The molecule has 0 atom stereocenters. The van der Waals surface area contributed by atoms with Crippen LogP contribution in [0.4, 0.5) is 4.79 Å². The lowest BCUT2D eigenvalue weighted by molar-refractivity contribution is 0.210. The van der Waals surface area contributed by atoms with E-state index < -0.39 is 0 Å². The number of hydrogen-bond donors (Lipinski definition) is 1. The van der Waals surface area contributed by atoms with Gasteiger partial charge in [0.15, 0.2) is 0 Å². The van der Waals surface area contributed by atoms with Crippen molar-refractivity contribution < 1.29 is 4.79 Å². The Bertz CT molecular complexity index is 169. The van der Waals surface area contributed by atoms with Crippen molar-refractivity contribution in [3.8, 4) is 0 Å². The standard InChI is InChI=1S/C11H25N3O/c1-5-13(4)11(15)12-9-8-10-14(6-2)7-3/h5-10H2,1-4H3,(H,12,15). The normalized spacial score (nSPS) is 10.5. The van der Waals surface area contributed by atoms with Crippen molar-refractivity contribution in [3.63, 3.8) is 0 Å². The topological polar surface area (TPSA) is 35.6 Å². The first-order chi connectivity index (χ1) is 7.15. The Morgan fingerprint density at radius 1 is 1.13 bits per heavy atom. The van der Waals surface area contributed by atoms with Crippen LogP contribution in [0, 0.1) is 0 Å². The van der Waals surface area contributed by atoms with Gasteiger partial charge in [-0.3, -0.25) is 0 Å². The van der Waals surface area contributed by atoms with Crippen LogP contribution in [0.3, 0.4) is 0 Å². The summed E-state index contributed by atoms with van der Waals surface area (Å²) >= 11 is 0. The molecule has 0 aromatic heterocycles. The van der Waals surface area contributed by atoms with Gasteiger partial charge >= 0.3 is 6.03 Å². The van der Waals surface area contributed by atoms with Gasteiger partial charge in [0.05, 0.1) is 0 Å². The fourth-order valence-corrected chi connectivity index (χ4v) is 1.32. The van der Waals surface area contributed by atoms with Crippen LogP contribution in [-0.2, 0) is 0 Å². The highest BCUT2D eigenvalue weighted by Gasteiger charge is 2.04. The number of rotatable bonds is 7. The molecule has 0 saturated carbocycles. The number of amides is 2. The molecule has 0 saturated heterocycles. The first kappa shape index (κ1) is 14.2. The molecule has 0 radical (unpaired) electrons. The quantitative estimate of drug-likeness (QED) is 0.651. The van der Waals surface area contributed by atoms with Gasteiger partial charge in [-0.1, -0.05) is 13.8 Å². The summed E-state index contributed by atoms with van der Waals surface area (Å²) in [7, 11) is 1.81. The lowest BCUT2D eigenvalue weighted by atomic mass is 10.3. The maximum absolute atomic E-state index is 11.4. The molecule has 0 spiro atoms. The van der Waals surface area contributed by atoms with Gasteiger partial charge in [0.1, 0.15) is 0 Å². The third-order valence-electron chi connectivity index (χ3n) is 2.64. The van der Waals surface area contributed by atoms with E-state index in [-0.39, 0.29) is 6.03 Å². The molecule has 0 bridgehead atoms. The summed E-state index contributed by atoms with van der Waals surface area (Å²) in [5.41, 5.74) is 0. The molecule has 0 aromatic carbocycles. The number of nitrogens with zero attached hydrogens (tertiary/aromatic N) is 2. The van der Waals surface area contributed by atoms with E-state index in [1.807, 2.05) is 6.92 Å². The van der Waals surface area contributed by atoms with Crippen molar-refractivity contribution in [3.05, 3.63) is 0 Å². The second-order valence-electron chi connectivity index (χ2n) is 3.63. The zero-order chi connectivity index (χ0) is 11.7. The maximum Gasteiger partial charge on any atom is 0.317 e. The highest BCUT2D eigenvalue weighted by molar-refractivity contribution is 5.73. The van der Waals surface area contributed by atoms with Gasteiger partial charge in [-0.05, 0) is 33.0 Å². The molecule has 4 nitrogen and oxygen atoms in total. The van der Waals surface area contributed by atoms with Crippen LogP contribution < -0.4 is 5.32 Å². The van der Waals surface area contributed by atoms with Gasteiger partial charge in [0.2, 0.25) is 0 Å². The van der Waals surface area contributed by atoms with Crippen LogP contribution in [0.1, 0.15) is 27.2 Å². The van der Waals surface area contributed by atoms with Crippen LogP contribution in [0.2, 0.25) is 0 Å². The van der Waals surface area contributed by atoms with Crippen LogP contribution in [0.15, 0.2) is 0 Å². The van der Waals surface area contributed by atoms with Crippen molar-refractivity contribution in [2.45, 2.75) is 27.2 Å². The molecule has 0 aliphatic carbocycles. The molecule has 0 heterocycles. The molecule has 90 valence electrons. The van der Waals surface area contributed by atoms with Crippen molar-refractivity contribution in [1.82, 2.24) is 15.1 Å². The summed E-state index contributed by atoms with van der Waals surface area (Å²) in [5.74, 6) is 0. The van der Waals surface area contributed by atoms with Crippen LogP contribution in [0.5, 0.6) is 0 Å². The minimum Gasteiger partial charge on any atom is -0.338 e. The molecule has 0 fully saturated rings. The predicted octanol–water partition coefficient (Wildman–Crippen LogP) is 1.38. The second-order valence-corrected chi connectivity index (χ2v) is 3.63. The second kappa shape index (κ2) is 8.53. The van der Waals surface area contributed by atoms with Crippen molar-refractivity contribution in [1.29, 1.82) is 0 Å². The molecular formula is C11H25N3O. The van der Waals surface area contributed by atoms with E-state index in [1.54, 1.807) is 11.9 Å². The van der Waals surface area contributed by atoms with E-state index in [4.69, 9.17) is 0 Å². The van der Waals surface area contributed by atoms with Crippen molar-refractivity contribution in [2.75, 3.05) is 39.8 Å². The molecule has 15 heavy (non-hydrogen) atoms. The van der Waals surface area contributed by atoms with Crippen LogP contribution in [-0.4, -0.2) is 55.6 Å². The molecule has 4 heteroatoms. The number of hydrogen-bond acceptors (Lipinski definition) is 2. The van der Waals surface area contributed by atoms with E-state index in [0.717, 1.165) is 39.1 Å². The predicted molar refractivity (Wildman–Crippen MR) is 64.1 cm³/mol. The highest BCUT2D eigenvalue weighted by Crippen LogP contribution is 1.90. The molecule has 0 unspecified atom stereocenters. The lowest BCUT2D eigenvalue weighted by Gasteiger charge is -2.19. The Labute approximate surface area is 93.6 Å². The summed E-state index contributed by atoms with van der Waals surface area (Å²) in [4.78, 5) is 15.4. The number of nitrogens with one attached hydrogen (secondary N) is 1. The van der Waals surface area contributed by atoms with E-state index in [0.29, 0.717) is 0 Å². The monoisotopic (exact) mass is 215 g/mol. The fourth-order valence-electron chi connectivity index (χ4n) is 1.32. The van der Waals surface area contributed by atoms with Crippen molar-refractivity contribution in [2.24, 2.45) is 0 Å². The van der Waals surface area contributed by atoms with Crippen LogP contribution >= 0.6 is 0 Å². The average molecular weight is 215 g/mol. The van der Waals surface area contributed by atoms with Crippen LogP contribution in [0.25, 0.3) is 0 Å². The van der Waals surface area contributed by atoms with E-state index in [9.17, 15) is 4.79 Å². The van der Waals surface area contributed by atoms with E-state index in [2.05, 4.69) is 24.1 Å². The SMILES string of the molecule is CCN(CC)CCCNC(=O)N(C)CC. The lowest BCUT2D eigenvalue weighted by Crippen LogP contribution is -2.38. The smallest absolute Gasteiger partial charge is 0.317 e. The van der Waals surface area contributed by atoms with E-state index in [1.165, 1.54) is 0 Å². The Hall–Kier alpha value is -0.770. The average Bonchev–Trinajstić information content (AvgIpc) is 2.27. The minimum absolute atomic E-state index is 0.0250. The van der Waals surface area contributed by atoms with Gasteiger partial charge in [0.25, 0.3) is 0 Å². The minimum atomic E-state index is 0.0250. The molecule has 2 amide bonds. The molecule has 0 rings (SSSR count). The summed E-state index contributed by atoms with van der Waals surface area (Å²) in [6, 6.07) is 0.0250. The zero-order valence-corrected chi connectivity index (χ0v) is 10.5. The Kier molecular flexibility index (Phi) is 8.09. The molecule has 0 aromatic rings. The Balaban J connectivity index is 3.49. The van der Waals surface area contributed by atoms with Gasteiger partial charge in [-0.15, -0.1) is 0 Å². The largest absolute Gasteiger partial charge is 0.338 e. The Morgan fingerprint density at radius 3 is 2.20 bits per heavy atom. The van der Waals surface area contributed by atoms with Gasteiger partial charge in [-0.2, -0.15) is 0 Å². The molecule has 0 aliphatic heterocycles. The summed E-state index contributed by atoms with van der Waals surface area (Å²) in [6.45, 7) is 11.0. The molecule has 0 aliphatic rings. The third kappa shape index (κ3) is 6.33. The van der Waals surface area contributed by atoms with Gasteiger partial charge in [0, 0.05) is 20.1 Å². The summed E-state index contributed by atoms with van der Waals surface area (Å²) in [6.07, 6.45) is 1.02.